The van der Waals surface area contributed by atoms with Crippen LogP contribution >= 0.6 is 11.8 Å². The highest BCUT2D eigenvalue weighted by molar-refractivity contribution is 8.00. The molecule has 0 spiro atoms. The Labute approximate surface area is 140 Å². The van der Waals surface area contributed by atoms with E-state index < -0.39 is 6.03 Å². The second kappa shape index (κ2) is 8.67. The fraction of sp³-hybridized carbons (Fsp3) is 0.500. The number of rotatable bonds is 5. The summed E-state index contributed by atoms with van der Waals surface area (Å²) in [7, 11) is 0. The highest BCUT2D eigenvalue weighted by Crippen LogP contribution is 2.33. The molecule has 23 heavy (non-hydrogen) atoms. The normalized spacial score (nSPS) is 14.5. The van der Waals surface area contributed by atoms with Crippen LogP contribution < -0.4 is 20.1 Å². The minimum atomic E-state index is -0.455. The van der Waals surface area contributed by atoms with Gasteiger partial charge in [-0.3, -0.25) is 10.1 Å². The molecule has 0 fully saturated rings. The number of carbonyl (C=O) groups is 2. The summed E-state index contributed by atoms with van der Waals surface area (Å²) in [5.74, 6) is 1.25. The van der Waals surface area contributed by atoms with E-state index in [9.17, 15) is 9.59 Å². The fourth-order valence-electron chi connectivity index (χ4n) is 1.91. The molecule has 1 heterocycles. The molecule has 126 valence electrons. The number of carbonyl (C=O) groups excluding carboxylic acids is 2. The number of benzene rings is 1. The first kappa shape index (κ1) is 17.5. The van der Waals surface area contributed by atoms with Crippen LogP contribution in [-0.2, 0) is 4.79 Å². The molecule has 0 saturated heterocycles. The Morgan fingerprint density at radius 2 is 2.00 bits per heavy atom. The third kappa shape index (κ3) is 5.67. The molecule has 0 aliphatic carbocycles. The summed E-state index contributed by atoms with van der Waals surface area (Å²) < 4.78 is 11.2. The molecule has 1 aromatic carbocycles. The van der Waals surface area contributed by atoms with Crippen molar-refractivity contribution in [3.63, 3.8) is 0 Å². The van der Waals surface area contributed by atoms with Crippen molar-refractivity contribution in [2.45, 2.75) is 37.6 Å². The molecule has 1 aliphatic rings. The summed E-state index contributed by atoms with van der Waals surface area (Å²) in [5.41, 5.74) is 0. The van der Waals surface area contributed by atoms with Crippen molar-refractivity contribution >= 4 is 23.7 Å². The van der Waals surface area contributed by atoms with Crippen LogP contribution in [0.4, 0.5) is 4.79 Å². The zero-order chi connectivity index (χ0) is 16.7. The van der Waals surface area contributed by atoms with Crippen molar-refractivity contribution in [2.24, 2.45) is 0 Å². The lowest BCUT2D eigenvalue weighted by molar-refractivity contribution is -0.117. The average Bonchev–Trinajstić information content (AvgIpc) is 2.77. The van der Waals surface area contributed by atoms with Crippen LogP contribution in [-0.4, -0.2) is 36.9 Å². The predicted molar refractivity (Wildman–Crippen MR) is 89.2 cm³/mol. The monoisotopic (exact) mass is 338 g/mol. The molecular formula is C16H22N2O4S. The van der Waals surface area contributed by atoms with E-state index in [0.29, 0.717) is 19.0 Å². The van der Waals surface area contributed by atoms with Gasteiger partial charge in [0, 0.05) is 17.4 Å². The van der Waals surface area contributed by atoms with Gasteiger partial charge < -0.3 is 14.8 Å². The van der Waals surface area contributed by atoms with Crippen LogP contribution in [0.5, 0.6) is 11.5 Å². The molecule has 2 rings (SSSR count). The zero-order valence-electron chi connectivity index (χ0n) is 13.4. The molecule has 0 unspecified atom stereocenters. The third-order valence-corrected chi connectivity index (χ3v) is 4.33. The first-order valence-electron chi connectivity index (χ1n) is 7.71. The van der Waals surface area contributed by atoms with Gasteiger partial charge in [-0.15, -0.1) is 11.8 Å². The topological polar surface area (TPSA) is 76.7 Å². The number of nitrogens with one attached hydrogen (secondary N) is 2. The fourth-order valence-corrected chi connectivity index (χ4v) is 2.63. The Morgan fingerprint density at radius 1 is 1.26 bits per heavy atom. The van der Waals surface area contributed by atoms with Crippen molar-refractivity contribution in [1.82, 2.24) is 10.6 Å². The Balaban J connectivity index is 1.82. The molecule has 1 aliphatic heterocycles. The predicted octanol–water partition coefficient (Wildman–Crippen LogP) is 2.56. The van der Waals surface area contributed by atoms with E-state index in [-0.39, 0.29) is 17.7 Å². The maximum atomic E-state index is 11.8. The van der Waals surface area contributed by atoms with Gasteiger partial charge >= 0.3 is 6.03 Å². The van der Waals surface area contributed by atoms with E-state index in [1.165, 1.54) is 11.8 Å². The highest BCUT2D eigenvalue weighted by Gasteiger charge is 2.13. The van der Waals surface area contributed by atoms with Crippen LogP contribution in [0.25, 0.3) is 0 Å². The summed E-state index contributed by atoms with van der Waals surface area (Å²) >= 11 is 1.35. The summed E-state index contributed by atoms with van der Waals surface area (Å²) in [5, 5.41) is 5.01. The van der Waals surface area contributed by atoms with Crippen molar-refractivity contribution < 1.29 is 19.1 Å². The van der Waals surface area contributed by atoms with E-state index in [1.807, 2.05) is 32.0 Å². The van der Waals surface area contributed by atoms with Crippen molar-refractivity contribution in [1.29, 1.82) is 0 Å². The number of amides is 3. The van der Waals surface area contributed by atoms with Crippen LogP contribution in [0, 0.1) is 0 Å². The summed E-state index contributed by atoms with van der Waals surface area (Å²) in [4.78, 5) is 24.3. The van der Waals surface area contributed by atoms with Gasteiger partial charge in [0.25, 0.3) is 0 Å². The van der Waals surface area contributed by atoms with Crippen LogP contribution in [0.2, 0.25) is 0 Å². The minimum Gasteiger partial charge on any atom is -0.490 e. The number of imide groups is 1. The lowest BCUT2D eigenvalue weighted by Gasteiger charge is -2.12. The number of thioether (sulfide) groups is 1. The Hall–Kier alpha value is -1.89. The maximum Gasteiger partial charge on any atom is 0.321 e. The van der Waals surface area contributed by atoms with Gasteiger partial charge in [-0.1, -0.05) is 6.92 Å². The zero-order valence-corrected chi connectivity index (χ0v) is 14.2. The SMILES string of the molecule is CC[C@H](C)NC(=O)NC(=O)CSc1ccc2c(c1)OCCCO2. The molecule has 3 amide bonds. The number of ether oxygens (including phenoxy) is 2. The maximum absolute atomic E-state index is 11.8. The lowest BCUT2D eigenvalue weighted by Crippen LogP contribution is -2.43. The van der Waals surface area contributed by atoms with E-state index in [4.69, 9.17) is 9.47 Å². The van der Waals surface area contributed by atoms with Crippen molar-refractivity contribution in [3.8, 4) is 11.5 Å². The number of hydrogen-bond donors (Lipinski definition) is 2. The Bertz CT molecular complexity index is 565. The lowest BCUT2D eigenvalue weighted by atomic mass is 10.3. The molecule has 6 nitrogen and oxygen atoms in total. The van der Waals surface area contributed by atoms with Gasteiger partial charge in [0.2, 0.25) is 5.91 Å². The molecule has 7 heteroatoms. The smallest absolute Gasteiger partial charge is 0.321 e. The van der Waals surface area contributed by atoms with Crippen molar-refractivity contribution in [2.75, 3.05) is 19.0 Å². The third-order valence-electron chi connectivity index (χ3n) is 3.33. The largest absolute Gasteiger partial charge is 0.490 e. The van der Waals surface area contributed by atoms with Gasteiger partial charge in [0.1, 0.15) is 0 Å². The van der Waals surface area contributed by atoms with Crippen molar-refractivity contribution in [3.05, 3.63) is 18.2 Å². The Kier molecular flexibility index (Phi) is 6.58. The quantitative estimate of drug-likeness (QED) is 0.807. The van der Waals surface area contributed by atoms with Gasteiger partial charge in [-0.05, 0) is 31.5 Å². The van der Waals surface area contributed by atoms with Crippen LogP contribution in [0.15, 0.2) is 23.1 Å². The molecule has 1 atom stereocenters. The van der Waals surface area contributed by atoms with Gasteiger partial charge in [-0.2, -0.15) is 0 Å². The Morgan fingerprint density at radius 3 is 2.74 bits per heavy atom. The van der Waals surface area contributed by atoms with E-state index in [2.05, 4.69) is 10.6 Å². The van der Waals surface area contributed by atoms with Crippen LogP contribution in [0.1, 0.15) is 26.7 Å². The summed E-state index contributed by atoms with van der Waals surface area (Å²) in [6, 6.07) is 5.17. The number of fused-ring (bicyclic) bond motifs is 1. The minimum absolute atomic E-state index is 0.0391. The number of hydrogen-bond acceptors (Lipinski definition) is 5. The summed E-state index contributed by atoms with van der Waals surface area (Å²) in [6.45, 7) is 5.12. The number of urea groups is 1. The van der Waals surface area contributed by atoms with Gasteiger partial charge in [0.15, 0.2) is 11.5 Å². The van der Waals surface area contributed by atoms with Gasteiger partial charge in [-0.25, -0.2) is 4.79 Å². The van der Waals surface area contributed by atoms with E-state index >= 15 is 0 Å². The average molecular weight is 338 g/mol. The van der Waals surface area contributed by atoms with E-state index in [0.717, 1.165) is 23.5 Å². The van der Waals surface area contributed by atoms with Gasteiger partial charge in [0.05, 0.1) is 19.0 Å². The molecule has 0 radical (unpaired) electrons. The summed E-state index contributed by atoms with van der Waals surface area (Å²) in [6.07, 6.45) is 1.67. The standard InChI is InChI=1S/C16H22N2O4S/c1-3-11(2)17-16(20)18-15(19)10-23-12-5-6-13-14(9-12)22-8-4-7-21-13/h5-6,9,11H,3-4,7-8,10H2,1-2H3,(H2,17,18,19,20)/t11-/m0/s1. The molecule has 0 bridgehead atoms. The molecule has 1 aromatic rings. The first-order chi connectivity index (χ1) is 11.1. The highest BCUT2D eigenvalue weighted by atomic mass is 32.2. The van der Waals surface area contributed by atoms with E-state index in [1.54, 1.807) is 0 Å². The second-order valence-corrected chi connectivity index (χ2v) is 6.33. The molecule has 0 saturated carbocycles. The first-order valence-corrected chi connectivity index (χ1v) is 8.70. The molecule has 2 N–H and O–H groups in total. The second-order valence-electron chi connectivity index (χ2n) is 5.28. The van der Waals surface area contributed by atoms with Crippen LogP contribution in [0.3, 0.4) is 0 Å². The molecular weight excluding hydrogens is 316 g/mol. The molecule has 0 aromatic heterocycles.